The number of aliphatic hydroxyl groups is 4. The SMILES string of the molecule is O=C(OO)C(O)(O)c1c(O)c(O)c2c(c1O)OC(O)(O)O2. The zero-order valence-corrected chi connectivity index (χ0v) is 9.71. The quantitative estimate of drug-likeness (QED) is 0.0924. The summed E-state index contributed by atoms with van der Waals surface area (Å²) in [5.74, 6) is -12.1. The Hall–Kier alpha value is -2.51. The molecule has 12 nitrogen and oxygen atoms in total. The van der Waals surface area contributed by atoms with E-state index >= 15 is 0 Å². The fourth-order valence-corrected chi connectivity index (χ4v) is 1.64. The third-order valence-electron chi connectivity index (χ3n) is 2.52. The molecule has 0 saturated heterocycles. The summed E-state index contributed by atoms with van der Waals surface area (Å²) in [5.41, 5.74) is -1.46. The van der Waals surface area contributed by atoms with Crippen molar-refractivity contribution in [3.05, 3.63) is 5.56 Å². The first-order valence-electron chi connectivity index (χ1n) is 4.97. The van der Waals surface area contributed by atoms with Crippen molar-refractivity contribution in [2.45, 2.75) is 11.9 Å². The minimum absolute atomic E-state index is 0.952. The van der Waals surface area contributed by atoms with Gasteiger partial charge in [0.1, 0.15) is 5.56 Å². The second kappa shape index (κ2) is 4.24. The van der Waals surface area contributed by atoms with E-state index < -0.39 is 52.2 Å². The molecule has 0 aromatic heterocycles. The van der Waals surface area contributed by atoms with Gasteiger partial charge in [-0.3, -0.25) is 15.1 Å². The van der Waals surface area contributed by atoms with E-state index in [1.54, 1.807) is 0 Å². The Labute approximate surface area is 113 Å². The van der Waals surface area contributed by atoms with E-state index in [1.807, 2.05) is 0 Å². The molecular formula is C9H8O12. The summed E-state index contributed by atoms with van der Waals surface area (Å²) < 4.78 is 8.47. The van der Waals surface area contributed by atoms with E-state index in [0.29, 0.717) is 0 Å². The average Bonchev–Trinajstić information content (AvgIpc) is 2.71. The van der Waals surface area contributed by atoms with Crippen LogP contribution in [0.3, 0.4) is 0 Å². The summed E-state index contributed by atoms with van der Waals surface area (Å²) in [7, 11) is 0. The van der Waals surface area contributed by atoms with Crippen LogP contribution >= 0.6 is 0 Å². The number of ether oxygens (including phenoxy) is 2. The molecule has 0 spiro atoms. The molecule has 0 amide bonds. The van der Waals surface area contributed by atoms with E-state index in [4.69, 9.17) is 15.5 Å². The number of rotatable bonds is 2. The molecule has 0 saturated carbocycles. The zero-order chi connectivity index (χ0) is 16.2. The zero-order valence-electron chi connectivity index (χ0n) is 9.71. The largest absolute Gasteiger partial charge is 0.505 e. The molecule has 0 fully saturated rings. The number of fused-ring (bicyclic) bond motifs is 1. The van der Waals surface area contributed by atoms with Gasteiger partial charge < -0.3 is 35.0 Å². The fraction of sp³-hybridized carbons (Fsp3) is 0.222. The standard InChI is InChI=1S/C9H8O12/c10-2-1(8(14,15)7(13)21-18)3(11)5-6(4(2)12)20-9(16,17)19-5/h10-12,14-18H. The van der Waals surface area contributed by atoms with Crippen molar-refractivity contribution in [2.75, 3.05) is 0 Å². The van der Waals surface area contributed by atoms with Gasteiger partial charge in [0.2, 0.25) is 17.2 Å². The average molecular weight is 308 g/mol. The highest BCUT2D eigenvalue weighted by molar-refractivity contribution is 5.84. The van der Waals surface area contributed by atoms with E-state index in [2.05, 4.69) is 14.4 Å². The third-order valence-corrected chi connectivity index (χ3v) is 2.52. The molecule has 0 bridgehead atoms. The number of aromatic hydroxyl groups is 3. The summed E-state index contributed by atoms with van der Waals surface area (Å²) in [5, 5.41) is 74.0. The third kappa shape index (κ3) is 2.03. The highest BCUT2D eigenvalue weighted by Gasteiger charge is 2.50. The van der Waals surface area contributed by atoms with E-state index in [1.165, 1.54) is 0 Å². The number of phenolic OH excluding ortho intramolecular Hbond substituents is 3. The number of carbonyl (C=O) groups is 1. The van der Waals surface area contributed by atoms with Gasteiger partial charge in [-0.2, -0.15) is 5.26 Å². The molecule has 1 aromatic rings. The number of hydrogen-bond donors (Lipinski definition) is 8. The second-order valence-corrected chi connectivity index (χ2v) is 3.88. The Bertz CT molecular complexity index is 618. The first-order chi connectivity index (χ1) is 9.53. The Kier molecular flexibility index (Phi) is 3.01. The van der Waals surface area contributed by atoms with Crippen LogP contribution in [0.1, 0.15) is 5.56 Å². The first kappa shape index (κ1) is 14.9. The minimum Gasteiger partial charge on any atom is -0.504 e. The van der Waals surface area contributed by atoms with Crippen LogP contribution in [0.5, 0.6) is 28.7 Å². The van der Waals surface area contributed by atoms with Crippen LogP contribution < -0.4 is 9.47 Å². The van der Waals surface area contributed by atoms with Crippen LogP contribution in [0.15, 0.2) is 0 Å². The lowest BCUT2D eigenvalue weighted by Gasteiger charge is -2.21. The second-order valence-electron chi connectivity index (χ2n) is 3.88. The van der Waals surface area contributed by atoms with Crippen molar-refractivity contribution in [1.29, 1.82) is 0 Å². The van der Waals surface area contributed by atoms with Crippen molar-refractivity contribution in [1.82, 2.24) is 0 Å². The van der Waals surface area contributed by atoms with Gasteiger partial charge in [-0.1, -0.05) is 0 Å². The van der Waals surface area contributed by atoms with Crippen LogP contribution in [-0.2, 0) is 15.5 Å². The molecule has 1 aromatic carbocycles. The van der Waals surface area contributed by atoms with Crippen LogP contribution in [0.4, 0.5) is 0 Å². The maximum Gasteiger partial charge on any atom is 0.505 e. The summed E-state index contributed by atoms with van der Waals surface area (Å²) in [4.78, 5) is 14.1. The predicted molar refractivity (Wildman–Crippen MR) is 54.7 cm³/mol. The molecule has 1 aliphatic rings. The lowest BCUT2D eigenvalue weighted by atomic mass is 10.0. The van der Waals surface area contributed by atoms with Crippen molar-refractivity contribution in [2.24, 2.45) is 0 Å². The highest BCUT2D eigenvalue weighted by Crippen LogP contribution is 2.58. The van der Waals surface area contributed by atoms with Crippen LogP contribution in [0.2, 0.25) is 0 Å². The van der Waals surface area contributed by atoms with Crippen LogP contribution in [0, 0.1) is 0 Å². The van der Waals surface area contributed by atoms with Crippen molar-refractivity contribution < 1.29 is 60.2 Å². The lowest BCUT2D eigenvalue weighted by molar-refractivity contribution is -0.386. The van der Waals surface area contributed by atoms with E-state index in [0.717, 1.165) is 0 Å². The number of phenols is 3. The molecule has 116 valence electrons. The van der Waals surface area contributed by atoms with Crippen molar-refractivity contribution >= 4 is 5.97 Å². The predicted octanol–water partition coefficient (Wildman–Crippen LogP) is -2.68. The Balaban J connectivity index is 2.72. The van der Waals surface area contributed by atoms with Gasteiger partial charge in [0.25, 0.3) is 0 Å². The van der Waals surface area contributed by atoms with Crippen LogP contribution in [-0.4, -0.2) is 53.1 Å². The van der Waals surface area contributed by atoms with Gasteiger partial charge in [0, 0.05) is 0 Å². The number of benzene rings is 1. The molecule has 0 unspecified atom stereocenters. The number of hydrogen-bond acceptors (Lipinski definition) is 12. The van der Waals surface area contributed by atoms with Gasteiger partial charge in [-0.25, -0.2) is 4.79 Å². The topological polar surface area (TPSA) is 207 Å². The maximum absolute atomic E-state index is 11.0. The van der Waals surface area contributed by atoms with Gasteiger partial charge in [-0.05, 0) is 0 Å². The minimum atomic E-state index is -3.81. The van der Waals surface area contributed by atoms with Crippen LogP contribution in [0.25, 0.3) is 0 Å². The molecule has 0 atom stereocenters. The van der Waals surface area contributed by atoms with Gasteiger partial charge >= 0.3 is 17.9 Å². The molecular weight excluding hydrogens is 300 g/mol. The summed E-state index contributed by atoms with van der Waals surface area (Å²) in [6.07, 6.45) is -3.33. The molecule has 8 N–H and O–H groups in total. The highest BCUT2D eigenvalue weighted by atomic mass is 17.1. The Morgan fingerprint density at radius 2 is 1.48 bits per heavy atom. The first-order valence-corrected chi connectivity index (χ1v) is 4.97. The normalized spacial score (nSPS) is 15.9. The number of carbonyl (C=O) groups excluding carboxylic acids is 1. The van der Waals surface area contributed by atoms with E-state index in [9.17, 15) is 30.3 Å². The Morgan fingerprint density at radius 1 is 1.00 bits per heavy atom. The van der Waals surface area contributed by atoms with Crippen molar-refractivity contribution in [3.8, 4) is 28.7 Å². The Morgan fingerprint density at radius 3 is 1.95 bits per heavy atom. The van der Waals surface area contributed by atoms with Gasteiger partial charge in [0.05, 0.1) is 0 Å². The lowest BCUT2D eigenvalue weighted by Crippen LogP contribution is -2.37. The van der Waals surface area contributed by atoms with E-state index in [-0.39, 0.29) is 0 Å². The maximum atomic E-state index is 11.0. The summed E-state index contributed by atoms with van der Waals surface area (Å²) >= 11 is 0. The summed E-state index contributed by atoms with van der Waals surface area (Å²) in [6.45, 7) is 0. The monoisotopic (exact) mass is 308 g/mol. The van der Waals surface area contributed by atoms with Gasteiger partial charge in [0.15, 0.2) is 11.5 Å². The van der Waals surface area contributed by atoms with Gasteiger partial charge in [-0.15, -0.1) is 0 Å². The molecule has 21 heavy (non-hydrogen) atoms. The molecule has 2 rings (SSSR count). The van der Waals surface area contributed by atoms with Crippen molar-refractivity contribution in [3.63, 3.8) is 0 Å². The molecule has 1 aliphatic heterocycles. The smallest absolute Gasteiger partial charge is 0.504 e. The fourth-order valence-electron chi connectivity index (χ4n) is 1.64. The molecule has 12 heteroatoms. The molecule has 0 aliphatic carbocycles. The summed E-state index contributed by atoms with van der Waals surface area (Å²) in [6, 6.07) is 0. The molecule has 0 radical (unpaired) electrons. The molecule has 1 heterocycles.